The number of nitrogens with one attached hydrogen (secondary N) is 2. The summed E-state index contributed by atoms with van der Waals surface area (Å²) in [5.41, 5.74) is 8.79. The van der Waals surface area contributed by atoms with Crippen molar-refractivity contribution >= 4 is 5.69 Å². The molecule has 0 spiro atoms. The Kier molecular flexibility index (Phi) is 4.78. The maximum Gasteiger partial charge on any atom is 0.161 e. The van der Waals surface area contributed by atoms with E-state index in [1.807, 2.05) is 30.5 Å². The molecule has 1 fully saturated rings. The van der Waals surface area contributed by atoms with Crippen molar-refractivity contribution in [3.05, 3.63) is 77.7 Å². The summed E-state index contributed by atoms with van der Waals surface area (Å²) in [5.74, 6) is 0.963. The van der Waals surface area contributed by atoms with Gasteiger partial charge in [-0.2, -0.15) is 5.26 Å². The number of rotatable bonds is 3. The number of hydrogen-bond acceptors (Lipinski definition) is 4. The molecule has 6 heteroatoms. The third kappa shape index (κ3) is 3.51. The molecule has 0 atom stereocenters. The molecule has 2 aliphatic heterocycles. The zero-order valence-electron chi connectivity index (χ0n) is 18.7. The lowest BCUT2D eigenvalue weighted by Crippen LogP contribution is -2.35. The Morgan fingerprint density at radius 3 is 2.67 bits per heavy atom. The largest absolute Gasteiger partial charge is 0.382 e. The quantitative estimate of drug-likeness (QED) is 0.431. The number of benzene rings is 2. The molecule has 0 amide bonds. The van der Waals surface area contributed by atoms with Gasteiger partial charge in [0.2, 0.25) is 0 Å². The maximum absolute atomic E-state index is 9.12. The first-order valence-electron chi connectivity index (χ1n) is 11.6. The molecule has 0 unspecified atom stereocenters. The van der Waals surface area contributed by atoms with Crippen LogP contribution < -0.4 is 10.6 Å². The molecule has 6 nitrogen and oxygen atoms in total. The van der Waals surface area contributed by atoms with Crippen LogP contribution in [0.1, 0.15) is 29.7 Å². The van der Waals surface area contributed by atoms with Gasteiger partial charge < -0.3 is 15.2 Å². The number of anilines is 1. The van der Waals surface area contributed by atoms with Gasteiger partial charge in [-0.25, -0.2) is 4.98 Å². The summed E-state index contributed by atoms with van der Waals surface area (Å²) in [4.78, 5) is 4.78. The predicted octanol–water partition coefficient (Wildman–Crippen LogP) is 4.71. The number of hydrogen-bond donors (Lipinski definition) is 2. The number of nitrogens with zero attached hydrogens (tertiary/aromatic N) is 4. The Morgan fingerprint density at radius 1 is 1.06 bits per heavy atom. The van der Waals surface area contributed by atoms with Crippen LogP contribution in [0, 0.1) is 18.3 Å². The van der Waals surface area contributed by atoms with Crippen molar-refractivity contribution in [2.45, 2.75) is 32.4 Å². The molecule has 2 aromatic heterocycles. The van der Waals surface area contributed by atoms with Crippen LogP contribution in [-0.4, -0.2) is 33.2 Å². The van der Waals surface area contributed by atoms with E-state index in [9.17, 15) is 0 Å². The molecule has 2 N–H and O–H groups in total. The Balaban J connectivity index is 1.41. The van der Waals surface area contributed by atoms with E-state index < -0.39 is 0 Å². The molecule has 6 rings (SSSR count). The van der Waals surface area contributed by atoms with Crippen molar-refractivity contribution in [2.75, 3.05) is 18.4 Å². The van der Waals surface area contributed by atoms with Gasteiger partial charge in [-0.1, -0.05) is 12.1 Å². The summed E-state index contributed by atoms with van der Waals surface area (Å²) in [7, 11) is 0. The van der Waals surface area contributed by atoms with Crippen LogP contribution >= 0.6 is 0 Å². The minimum absolute atomic E-state index is 0.519. The standard InChI is InChI=1S/C27H26N6/c1-18-15-30-27-26-13-21(20-4-2-19(14-28)3-5-20)16-32(26)17-22-12-24(6-7-25(22)33(18)27)31-23-8-10-29-11-9-23/h2-7,12-13,15-16,23,29,31H,8-11,17H2,1H3. The highest BCUT2D eigenvalue weighted by Gasteiger charge is 2.23. The summed E-state index contributed by atoms with van der Waals surface area (Å²) in [6.45, 7) is 5.04. The van der Waals surface area contributed by atoms with E-state index in [-0.39, 0.29) is 0 Å². The number of piperidine rings is 1. The van der Waals surface area contributed by atoms with E-state index >= 15 is 0 Å². The van der Waals surface area contributed by atoms with Gasteiger partial charge in [0.1, 0.15) is 0 Å². The van der Waals surface area contributed by atoms with Crippen LogP contribution in [-0.2, 0) is 6.54 Å². The van der Waals surface area contributed by atoms with E-state index in [4.69, 9.17) is 10.2 Å². The predicted molar refractivity (Wildman–Crippen MR) is 130 cm³/mol. The second-order valence-electron chi connectivity index (χ2n) is 9.00. The van der Waals surface area contributed by atoms with E-state index in [1.54, 1.807) is 0 Å². The second kappa shape index (κ2) is 7.95. The Morgan fingerprint density at radius 2 is 1.88 bits per heavy atom. The second-order valence-corrected chi connectivity index (χ2v) is 9.00. The van der Waals surface area contributed by atoms with Gasteiger partial charge in [0, 0.05) is 41.9 Å². The van der Waals surface area contributed by atoms with Crippen molar-refractivity contribution in [2.24, 2.45) is 0 Å². The molecule has 33 heavy (non-hydrogen) atoms. The van der Waals surface area contributed by atoms with Gasteiger partial charge in [-0.15, -0.1) is 0 Å². The maximum atomic E-state index is 9.12. The molecule has 4 heterocycles. The zero-order chi connectivity index (χ0) is 22.4. The molecular weight excluding hydrogens is 408 g/mol. The molecule has 4 aromatic rings. The number of aryl methyl sites for hydroxylation is 1. The summed E-state index contributed by atoms with van der Waals surface area (Å²) in [6, 6.07) is 19.4. The highest BCUT2D eigenvalue weighted by atomic mass is 15.1. The van der Waals surface area contributed by atoms with Crippen LogP contribution in [0.4, 0.5) is 5.69 Å². The average Bonchev–Trinajstić information content (AvgIpc) is 3.40. The van der Waals surface area contributed by atoms with Gasteiger partial charge in [0.15, 0.2) is 5.82 Å². The van der Waals surface area contributed by atoms with Gasteiger partial charge in [-0.05, 0) is 80.4 Å². The SMILES string of the molecule is Cc1cnc2n1-c1ccc(NC3CCNCC3)cc1Cn1cc(-c3ccc(C#N)cc3)cc1-2. The lowest BCUT2D eigenvalue weighted by molar-refractivity contribution is 0.479. The van der Waals surface area contributed by atoms with E-state index in [0.29, 0.717) is 11.6 Å². The highest BCUT2D eigenvalue weighted by molar-refractivity contribution is 5.72. The zero-order valence-corrected chi connectivity index (χ0v) is 18.7. The van der Waals surface area contributed by atoms with Crippen LogP contribution in [0.3, 0.4) is 0 Å². The summed E-state index contributed by atoms with van der Waals surface area (Å²) < 4.78 is 4.57. The molecular formula is C27H26N6. The molecule has 164 valence electrons. The van der Waals surface area contributed by atoms with Crippen molar-refractivity contribution < 1.29 is 0 Å². The molecule has 0 bridgehead atoms. The third-order valence-corrected chi connectivity index (χ3v) is 6.78. The number of imidazole rings is 1. The third-order valence-electron chi connectivity index (χ3n) is 6.78. The monoisotopic (exact) mass is 434 g/mol. The van der Waals surface area contributed by atoms with E-state index in [1.165, 1.54) is 16.9 Å². The van der Waals surface area contributed by atoms with Crippen molar-refractivity contribution in [1.82, 2.24) is 19.4 Å². The van der Waals surface area contributed by atoms with Crippen LogP contribution in [0.15, 0.2) is 60.9 Å². The summed E-state index contributed by atoms with van der Waals surface area (Å²) in [6.07, 6.45) is 6.45. The minimum atomic E-state index is 0.519. The molecule has 2 aliphatic rings. The molecule has 0 aliphatic carbocycles. The summed E-state index contributed by atoms with van der Waals surface area (Å²) in [5, 5.41) is 16.3. The van der Waals surface area contributed by atoms with Gasteiger partial charge in [-0.3, -0.25) is 4.57 Å². The van der Waals surface area contributed by atoms with Crippen molar-refractivity contribution in [3.8, 4) is 34.4 Å². The van der Waals surface area contributed by atoms with E-state index in [2.05, 4.69) is 63.2 Å². The first-order valence-corrected chi connectivity index (χ1v) is 11.6. The lowest BCUT2D eigenvalue weighted by atomic mass is 10.1. The molecule has 2 aromatic carbocycles. The molecule has 1 saturated heterocycles. The number of fused-ring (bicyclic) bond motifs is 5. The first kappa shape index (κ1) is 19.8. The topological polar surface area (TPSA) is 70.6 Å². The van der Waals surface area contributed by atoms with Crippen molar-refractivity contribution in [3.63, 3.8) is 0 Å². The average molecular weight is 435 g/mol. The molecule has 0 radical (unpaired) electrons. The Hall–Kier alpha value is -3.82. The van der Waals surface area contributed by atoms with Gasteiger partial charge >= 0.3 is 0 Å². The fraction of sp³-hybridized carbons (Fsp3) is 0.259. The number of nitriles is 1. The Bertz CT molecular complexity index is 1360. The minimum Gasteiger partial charge on any atom is -0.382 e. The van der Waals surface area contributed by atoms with Gasteiger partial charge in [0.25, 0.3) is 0 Å². The summed E-state index contributed by atoms with van der Waals surface area (Å²) >= 11 is 0. The molecule has 0 saturated carbocycles. The smallest absolute Gasteiger partial charge is 0.161 e. The Labute approximate surface area is 193 Å². The van der Waals surface area contributed by atoms with Crippen LogP contribution in [0.25, 0.3) is 28.3 Å². The van der Waals surface area contributed by atoms with Crippen LogP contribution in [0.2, 0.25) is 0 Å². The van der Waals surface area contributed by atoms with Gasteiger partial charge in [0.05, 0.1) is 23.0 Å². The van der Waals surface area contributed by atoms with Crippen molar-refractivity contribution in [1.29, 1.82) is 5.26 Å². The fourth-order valence-electron chi connectivity index (χ4n) is 5.05. The lowest BCUT2D eigenvalue weighted by Gasteiger charge is -2.25. The normalized spacial score (nSPS) is 15.2. The highest BCUT2D eigenvalue weighted by Crippen LogP contribution is 2.36. The van der Waals surface area contributed by atoms with Crippen LogP contribution in [0.5, 0.6) is 0 Å². The first-order chi connectivity index (χ1) is 16.2. The number of aromatic nitrogens is 3. The van der Waals surface area contributed by atoms with E-state index in [0.717, 1.165) is 60.8 Å². The fourth-order valence-corrected chi connectivity index (χ4v) is 5.05.